The number of nitrogens with one attached hydrogen (secondary N) is 2. The monoisotopic (exact) mass is 320 g/mol. The summed E-state index contributed by atoms with van der Waals surface area (Å²) < 4.78 is 0. The van der Waals surface area contributed by atoms with Crippen LogP contribution in [0.15, 0.2) is 23.6 Å². The van der Waals surface area contributed by atoms with Crippen LogP contribution in [0.2, 0.25) is 0 Å². The lowest BCUT2D eigenvalue weighted by Crippen LogP contribution is -2.42. The normalized spacial score (nSPS) is 11.6. The van der Waals surface area contributed by atoms with Gasteiger partial charge in [-0.15, -0.1) is 11.3 Å². The number of carbonyl (C=O) groups is 1. The van der Waals surface area contributed by atoms with Gasteiger partial charge in [-0.2, -0.15) is 5.10 Å². The van der Waals surface area contributed by atoms with Crippen molar-refractivity contribution in [3.05, 3.63) is 29.3 Å². The summed E-state index contributed by atoms with van der Waals surface area (Å²) in [4.78, 5) is 15.6. The van der Waals surface area contributed by atoms with Crippen LogP contribution in [-0.4, -0.2) is 46.2 Å². The average Bonchev–Trinajstić information content (AvgIpc) is 3.11. The van der Waals surface area contributed by atoms with E-state index in [2.05, 4.69) is 48.1 Å². The number of carbonyl (C=O) groups excluding carboxylic acids is 1. The molecule has 2 aromatic rings. The second-order valence-electron chi connectivity index (χ2n) is 5.83. The molecule has 5 nitrogen and oxygen atoms in total. The second kappa shape index (κ2) is 7.56. The highest BCUT2D eigenvalue weighted by molar-refractivity contribution is 7.13. The fourth-order valence-corrected chi connectivity index (χ4v) is 3.19. The van der Waals surface area contributed by atoms with Crippen LogP contribution in [-0.2, 0) is 0 Å². The SMILES string of the molecule is CC(C)N(CCNC(=O)c1cc(-c2cccs2)[nH]n1)C(C)C. The van der Waals surface area contributed by atoms with Gasteiger partial charge in [-0.05, 0) is 45.2 Å². The van der Waals surface area contributed by atoms with Gasteiger partial charge in [-0.3, -0.25) is 14.8 Å². The molecule has 0 atom stereocenters. The smallest absolute Gasteiger partial charge is 0.271 e. The summed E-state index contributed by atoms with van der Waals surface area (Å²) in [5, 5.41) is 12.0. The Kier molecular flexibility index (Phi) is 5.74. The summed E-state index contributed by atoms with van der Waals surface area (Å²) in [6, 6.07) is 6.71. The average molecular weight is 320 g/mol. The minimum atomic E-state index is -0.133. The van der Waals surface area contributed by atoms with Crippen molar-refractivity contribution in [2.24, 2.45) is 0 Å². The summed E-state index contributed by atoms with van der Waals surface area (Å²) in [6.07, 6.45) is 0. The number of aromatic amines is 1. The largest absolute Gasteiger partial charge is 0.349 e. The van der Waals surface area contributed by atoms with E-state index in [1.807, 2.05) is 17.5 Å². The number of rotatable bonds is 7. The van der Waals surface area contributed by atoms with E-state index >= 15 is 0 Å². The Morgan fingerprint density at radius 2 is 2.09 bits per heavy atom. The maximum absolute atomic E-state index is 12.1. The quantitative estimate of drug-likeness (QED) is 0.824. The number of amides is 1. The van der Waals surface area contributed by atoms with Crippen LogP contribution in [0.3, 0.4) is 0 Å². The van der Waals surface area contributed by atoms with Crippen LogP contribution >= 0.6 is 11.3 Å². The minimum absolute atomic E-state index is 0.133. The molecule has 0 radical (unpaired) electrons. The van der Waals surface area contributed by atoms with Crippen LogP contribution in [0.4, 0.5) is 0 Å². The highest BCUT2D eigenvalue weighted by Gasteiger charge is 2.15. The molecule has 2 heterocycles. The molecule has 0 aliphatic rings. The molecule has 2 N–H and O–H groups in total. The van der Waals surface area contributed by atoms with Gasteiger partial charge in [0.05, 0.1) is 10.6 Å². The van der Waals surface area contributed by atoms with E-state index in [1.54, 1.807) is 17.4 Å². The first-order valence-electron chi connectivity index (χ1n) is 7.62. The molecule has 22 heavy (non-hydrogen) atoms. The number of aromatic nitrogens is 2. The predicted octanol–water partition coefficient (Wildman–Crippen LogP) is 2.99. The lowest BCUT2D eigenvalue weighted by molar-refractivity contribution is 0.0934. The molecule has 0 aromatic carbocycles. The molecule has 6 heteroatoms. The van der Waals surface area contributed by atoms with Crippen molar-refractivity contribution in [2.75, 3.05) is 13.1 Å². The van der Waals surface area contributed by atoms with Crippen LogP contribution in [0, 0.1) is 0 Å². The zero-order valence-electron chi connectivity index (χ0n) is 13.6. The van der Waals surface area contributed by atoms with E-state index < -0.39 is 0 Å². The Morgan fingerprint density at radius 3 is 2.68 bits per heavy atom. The lowest BCUT2D eigenvalue weighted by Gasteiger charge is -2.30. The molecular weight excluding hydrogens is 296 g/mol. The molecule has 2 aromatic heterocycles. The zero-order chi connectivity index (χ0) is 16.1. The highest BCUT2D eigenvalue weighted by atomic mass is 32.1. The number of H-pyrrole nitrogens is 1. The van der Waals surface area contributed by atoms with Gasteiger partial charge in [-0.25, -0.2) is 0 Å². The third-order valence-electron chi connectivity index (χ3n) is 3.58. The van der Waals surface area contributed by atoms with Crippen molar-refractivity contribution < 1.29 is 4.79 Å². The molecule has 0 fully saturated rings. The Labute approximate surface area is 135 Å². The third kappa shape index (κ3) is 4.18. The first kappa shape index (κ1) is 16.7. The lowest BCUT2D eigenvalue weighted by atomic mass is 10.2. The van der Waals surface area contributed by atoms with Gasteiger partial charge in [0.2, 0.25) is 0 Å². The number of nitrogens with zero attached hydrogens (tertiary/aromatic N) is 2. The van der Waals surface area contributed by atoms with Gasteiger partial charge < -0.3 is 5.32 Å². The van der Waals surface area contributed by atoms with E-state index in [0.29, 0.717) is 24.3 Å². The summed E-state index contributed by atoms with van der Waals surface area (Å²) >= 11 is 1.62. The van der Waals surface area contributed by atoms with Crippen molar-refractivity contribution >= 4 is 17.2 Å². The Balaban J connectivity index is 1.88. The van der Waals surface area contributed by atoms with Crippen LogP contribution in [0.5, 0.6) is 0 Å². The summed E-state index contributed by atoms with van der Waals surface area (Å²) in [7, 11) is 0. The molecule has 0 aliphatic carbocycles. The highest BCUT2D eigenvalue weighted by Crippen LogP contribution is 2.22. The molecule has 0 saturated carbocycles. The number of thiophene rings is 1. The Hall–Kier alpha value is -1.66. The maximum atomic E-state index is 12.1. The van der Waals surface area contributed by atoms with Crippen molar-refractivity contribution in [3.8, 4) is 10.6 Å². The first-order valence-corrected chi connectivity index (χ1v) is 8.50. The predicted molar refractivity (Wildman–Crippen MR) is 91.2 cm³/mol. The van der Waals surface area contributed by atoms with Gasteiger partial charge >= 0.3 is 0 Å². The molecule has 0 bridgehead atoms. The van der Waals surface area contributed by atoms with E-state index in [1.165, 1.54) is 0 Å². The van der Waals surface area contributed by atoms with Crippen LogP contribution < -0.4 is 5.32 Å². The van der Waals surface area contributed by atoms with Gasteiger partial charge in [0.1, 0.15) is 0 Å². The Morgan fingerprint density at radius 1 is 1.36 bits per heavy atom. The third-order valence-corrected chi connectivity index (χ3v) is 4.48. The Bertz CT molecular complexity index is 581. The molecule has 0 unspecified atom stereocenters. The summed E-state index contributed by atoms with van der Waals surface area (Å²) in [5.74, 6) is -0.133. The molecular formula is C16H24N4OS. The topological polar surface area (TPSA) is 61.0 Å². The van der Waals surface area contributed by atoms with Crippen LogP contribution in [0.1, 0.15) is 38.2 Å². The van der Waals surface area contributed by atoms with E-state index in [4.69, 9.17) is 0 Å². The van der Waals surface area contributed by atoms with Crippen molar-refractivity contribution in [2.45, 2.75) is 39.8 Å². The van der Waals surface area contributed by atoms with Crippen molar-refractivity contribution in [1.82, 2.24) is 20.4 Å². The first-order chi connectivity index (χ1) is 10.5. The maximum Gasteiger partial charge on any atom is 0.271 e. The fraction of sp³-hybridized carbons (Fsp3) is 0.500. The standard InChI is InChI=1S/C16H24N4OS/c1-11(2)20(12(3)4)8-7-17-16(21)14-10-13(18-19-14)15-6-5-9-22-15/h5-6,9-12H,7-8H2,1-4H3,(H,17,21)(H,18,19). The van der Waals surface area contributed by atoms with Crippen molar-refractivity contribution in [3.63, 3.8) is 0 Å². The molecule has 0 aliphatic heterocycles. The molecule has 120 valence electrons. The molecule has 1 amide bonds. The number of hydrogen-bond acceptors (Lipinski definition) is 4. The van der Waals surface area contributed by atoms with Gasteiger partial charge in [-0.1, -0.05) is 6.07 Å². The summed E-state index contributed by atoms with van der Waals surface area (Å²) in [6.45, 7) is 10.1. The van der Waals surface area contributed by atoms with Gasteiger partial charge in [0, 0.05) is 25.2 Å². The van der Waals surface area contributed by atoms with Gasteiger partial charge in [0.15, 0.2) is 5.69 Å². The number of hydrogen-bond donors (Lipinski definition) is 2. The zero-order valence-corrected chi connectivity index (χ0v) is 14.4. The molecule has 2 rings (SSSR count). The molecule has 0 spiro atoms. The fourth-order valence-electron chi connectivity index (χ4n) is 2.50. The van der Waals surface area contributed by atoms with E-state index in [-0.39, 0.29) is 5.91 Å². The summed E-state index contributed by atoms with van der Waals surface area (Å²) in [5.41, 5.74) is 1.31. The minimum Gasteiger partial charge on any atom is -0.349 e. The van der Waals surface area contributed by atoms with E-state index in [9.17, 15) is 4.79 Å². The van der Waals surface area contributed by atoms with Crippen molar-refractivity contribution in [1.29, 1.82) is 0 Å². The van der Waals surface area contributed by atoms with Crippen LogP contribution in [0.25, 0.3) is 10.6 Å². The molecule has 0 saturated heterocycles. The van der Waals surface area contributed by atoms with Gasteiger partial charge in [0.25, 0.3) is 5.91 Å². The second-order valence-corrected chi connectivity index (χ2v) is 6.77. The van der Waals surface area contributed by atoms with E-state index in [0.717, 1.165) is 17.1 Å².